The molecule has 2 aromatic rings. The molecular formula is C17H24N2OS. The van der Waals surface area contributed by atoms with Crippen LogP contribution in [-0.2, 0) is 24.3 Å². The van der Waals surface area contributed by atoms with Crippen LogP contribution in [0.15, 0.2) is 18.2 Å². The Labute approximate surface area is 131 Å². The lowest BCUT2D eigenvalue weighted by molar-refractivity contribution is 0.181. The van der Waals surface area contributed by atoms with Crippen LogP contribution in [0, 0.1) is 13.8 Å². The van der Waals surface area contributed by atoms with Crippen molar-refractivity contribution in [3.8, 4) is 0 Å². The second-order valence-corrected chi connectivity index (χ2v) is 6.53. The molecule has 0 bridgehead atoms. The molecule has 3 nitrogen and oxygen atoms in total. The van der Waals surface area contributed by atoms with E-state index in [4.69, 9.17) is 9.72 Å². The summed E-state index contributed by atoms with van der Waals surface area (Å²) in [6, 6.07) is 6.70. The zero-order valence-corrected chi connectivity index (χ0v) is 14.1. The number of ether oxygens (including phenoxy) is 1. The van der Waals surface area contributed by atoms with E-state index in [0.717, 1.165) is 25.2 Å². The Kier molecular flexibility index (Phi) is 5.91. The standard InChI is InChI=1S/C17H24N2OS/c1-5-18-10-16-15(11-20-4)19-17(21-16)9-14-7-12(2)6-13(3)8-14/h6-8,18H,5,9-11H2,1-4H3. The number of hydrogen-bond acceptors (Lipinski definition) is 4. The Morgan fingerprint density at radius 3 is 2.52 bits per heavy atom. The summed E-state index contributed by atoms with van der Waals surface area (Å²) in [7, 11) is 1.72. The van der Waals surface area contributed by atoms with Gasteiger partial charge in [-0.2, -0.15) is 0 Å². The van der Waals surface area contributed by atoms with E-state index in [2.05, 4.69) is 44.3 Å². The number of aryl methyl sites for hydroxylation is 2. The van der Waals surface area contributed by atoms with Crippen molar-refractivity contribution in [2.45, 2.75) is 40.3 Å². The van der Waals surface area contributed by atoms with Crippen LogP contribution in [0.3, 0.4) is 0 Å². The number of rotatable bonds is 7. The molecule has 0 aliphatic rings. The fraction of sp³-hybridized carbons (Fsp3) is 0.471. The van der Waals surface area contributed by atoms with Crippen molar-refractivity contribution in [2.75, 3.05) is 13.7 Å². The number of benzene rings is 1. The van der Waals surface area contributed by atoms with Crippen molar-refractivity contribution in [1.82, 2.24) is 10.3 Å². The smallest absolute Gasteiger partial charge is 0.0976 e. The highest BCUT2D eigenvalue weighted by Gasteiger charge is 2.11. The van der Waals surface area contributed by atoms with E-state index in [1.54, 1.807) is 18.4 Å². The molecule has 0 spiro atoms. The van der Waals surface area contributed by atoms with Gasteiger partial charge in [0.1, 0.15) is 0 Å². The Hall–Kier alpha value is -1.23. The van der Waals surface area contributed by atoms with Gasteiger partial charge in [0.25, 0.3) is 0 Å². The van der Waals surface area contributed by atoms with Gasteiger partial charge in [0.05, 0.1) is 17.3 Å². The summed E-state index contributed by atoms with van der Waals surface area (Å²) in [5.74, 6) is 0. The number of hydrogen-bond donors (Lipinski definition) is 1. The largest absolute Gasteiger partial charge is 0.378 e. The quantitative estimate of drug-likeness (QED) is 0.848. The number of thiazole rings is 1. The van der Waals surface area contributed by atoms with Crippen molar-refractivity contribution in [3.05, 3.63) is 50.5 Å². The van der Waals surface area contributed by atoms with E-state index < -0.39 is 0 Å². The molecule has 0 aliphatic heterocycles. The minimum atomic E-state index is 0.587. The van der Waals surface area contributed by atoms with Gasteiger partial charge in [-0.05, 0) is 26.0 Å². The molecule has 0 saturated carbocycles. The molecule has 0 atom stereocenters. The zero-order valence-electron chi connectivity index (χ0n) is 13.3. The second-order valence-electron chi connectivity index (χ2n) is 5.36. The Morgan fingerprint density at radius 1 is 1.19 bits per heavy atom. The van der Waals surface area contributed by atoms with Crippen LogP contribution in [0.1, 0.15) is 39.2 Å². The van der Waals surface area contributed by atoms with Crippen molar-refractivity contribution >= 4 is 11.3 Å². The molecule has 0 saturated heterocycles. The third-order valence-corrected chi connectivity index (χ3v) is 4.37. The predicted molar refractivity (Wildman–Crippen MR) is 88.9 cm³/mol. The fourth-order valence-corrected chi connectivity index (χ4v) is 3.56. The number of methoxy groups -OCH3 is 1. The maximum absolute atomic E-state index is 5.27. The molecule has 2 rings (SSSR count). The maximum atomic E-state index is 5.27. The lowest BCUT2D eigenvalue weighted by Gasteiger charge is -2.02. The van der Waals surface area contributed by atoms with Crippen LogP contribution < -0.4 is 5.32 Å². The molecule has 0 amide bonds. The second kappa shape index (κ2) is 7.69. The van der Waals surface area contributed by atoms with E-state index in [1.165, 1.54) is 26.6 Å². The lowest BCUT2D eigenvalue weighted by atomic mass is 10.1. The first-order valence-electron chi connectivity index (χ1n) is 7.36. The molecule has 1 aromatic heterocycles. The summed E-state index contributed by atoms with van der Waals surface area (Å²) < 4.78 is 5.27. The molecule has 0 aliphatic carbocycles. The number of nitrogens with zero attached hydrogens (tertiary/aromatic N) is 1. The third-order valence-electron chi connectivity index (χ3n) is 3.28. The highest BCUT2D eigenvalue weighted by molar-refractivity contribution is 7.11. The summed E-state index contributed by atoms with van der Waals surface area (Å²) in [4.78, 5) is 6.05. The number of aromatic nitrogens is 1. The Morgan fingerprint density at radius 2 is 1.90 bits per heavy atom. The molecule has 114 valence electrons. The molecule has 1 heterocycles. The zero-order chi connectivity index (χ0) is 15.2. The van der Waals surface area contributed by atoms with Gasteiger partial charge >= 0.3 is 0 Å². The summed E-state index contributed by atoms with van der Waals surface area (Å²) in [6.45, 7) is 8.84. The summed E-state index contributed by atoms with van der Waals surface area (Å²) >= 11 is 1.79. The van der Waals surface area contributed by atoms with Crippen LogP contribution >= 0.6 is 11.3 Å². The Bertz CT molecular complexity index is 572. The van der Waals surface area contributed by atoms with Crippen molar-refractivity contribution in [2.24, 2.45) is 0 Å². The molecular weight excluding hydrogens is 280 g/mol. The minimum absolute atomic E-state index is 0.587. The summed E-state index contributed by atoms with van der Waals surface area (Å²) in [5, 5.41) is 4.54. The van der Waals surface area contributed by atoms with Gasteiger partial charge in [-0.1, -0.05) is 36.2 Å². The number of nitrogens with one attached hydrogen (secondary N) is 1. The van der Waals surface area contributed by atoms with Crippen LogP contribution in [-0.4, -0.2) is 18.6 Å². The average Bonchev–Trinajstić information content (AvgIpc) is 2.77. The predicted octanol–water partition coefficient (Wildman–Crippen LogP) is 3.61. The first-order valence-corrected chi connectivity index (χ1v) is 8.18. The minimum Gasteiger partial charge on any atom is -0.378 e. The summed E-state index contributed by atoms with van der Waals surface area (Å²) in [5.41, 5.74) is 5.03. The van der Waals surface area contributed by atoms with Gasteiger partial charge in [0.2, 0.25) is 0 Å². The molecule has 0 fully saturated rings. The maximum Gasteiger partial charge on any atom is 0.0976 e. The third kappa shape index (κ3) is 4.63. The van der Waals surface area contributed by atoms with Crippen LogP contribution in [0.25, 0.3) is 0 Å². The van der Waals surface area contributed by atoms with Crippen molar-refractivity contribution in [1.29, 1.82) is 0 Å². The van der Waals surface area contributed by atoms with Gasteiger partial charge in [0, 0.05) is 25.0 Å². The highest BCUT2D eigenvalue weighted by atomic mass is 32.1. The molecule has 1 N–H and O–H groups in total. The van der Waals surface area contributed by atoms with Crippen LogP contribution in [0.5, 0.6) is 0 Å². The monoisotopic (exact) mass is 304 g/mol. The first-order chi connectivity index (χ1) is 10.1. The van der Waals surface area contributed by atoms with Gasteiger partial charge in [-0.25, -0.2) is 4.98 Å². The normalized spacial score (nSPS) is 11.0. The first kappa shape index (κ1) is 16.1. The van der Waals surface area contributed by atoms with E-state index >= 15 is 0 Å². The summed E-state index contributed by atoms with van der Waals surface area (Å²) in [6.07, 6.45) is 0.899. The van der Waals surface area contributed by atoms with Gasteiger partial charge < -0.3 is 10.1 Å². The van der Waals surface area contributed by atoms with E-state index in [0.29, 0.717) is 6.61 Å². The molecule has 0 unspecified atom stereocenters. The lowest BCUT2D eigenvalue weighted by Crippen LogP contribution is -2.12. The van der Waals surface area contributed by atoms with E-state index in [-0.39, 0.29) is 0 Å². The Balaban J connectivity index is 2.18. The molecule has 21 heavy (non-hydrogen) atoms. The van der Waals surface area contributed by atoms with E-state index in [9.17, 15) is 0 Å². The SMILES string of the molecule is CCNCc1sc(Cc2cc(C)cc(C)c2)nc1COC. The van der Waals surface area contributed by atoms with Crippen molar-refractivity contribution in [3.63, 3.8) is 0 Å². The molecule has 1 aromatic carbocycles. The van der Waals surface area contributed by atoms with Gasteiger partial charge in [0.15, 0.2) is 0 Å². The average molecular weight is 304 g/mol. The van der Waals surface area contributed by atoms with Crippen molar-refractivity contribution < 1.29 is 4.74 Å². The fourth-order valence-electron chi connectivity index (χ4n) is 2.48. The van der Waals surface area contributed by atoms with Gasteiger partial charge in [-0.15, -0.1) is 11.3 Å². The van der Waals surface area contributed by atoms with Crippen LogP contribution in [0.4, 0.5) is 0 Å². The highest BCUT2D eigenvalue weighted by Crippen LogP contribution is 2.23. The topological polar surface area (TPSA) is 34.2 Å². The van der Waals surface area contributed by atoms with E-state index in [1.807, 2.05) is 0 Å². The molecule has 4 heteroatoms. The molecule has 0 radical (unpaired) electrons. The van der Waals surface area contributed by atoms with Gasteiger partial charge in [-0.3, -0.25) is 0 Å². The van der Waals surface area contributed by atoms with Crippen LogP contribution in [0.2, 0.25) is 0 Å².